The first-order chi connectivity index (χ1) is 11.2. The third-order valence-corrected chi connectivity index (χ3v) is 5.21. The molecular weight excluding hydrogens is 306 g/mol. The van der Waals surface area contributed by atoms with Crippen molar-refractivity contribution in [3.05, 3.63) is 35.7 Å². The molecule has 1 atom stereocenters. The van der Waals surface area contributed by atoms with E-state index < -0.39 is 0 Å². The largest absolute Gasteiger partial charge is 0.390 e. The average molecular weight is 331 g/mol. The zero-order chi connectivity index (χ0) is 16.1. The van der Waals surface area contributed by atoms with E-state index in [0.29, 0.717) is 6.54 Å². The number of benzene rings is 1. The van der Waals surface area contributed by atoms with E-state index in [4.69, 9.17) is 0 Å². The second-order valence-electron chi connectivity index (χ2n) is 6.42. The van der Waals surface area contributed by atoms with Crippen molar-refractivity contribution in [2.24, 2.45) is 5.92 Å². The summed E-state index contributed by atoms with van der Waals surface area (Å²) in [6.07, 6.45) is 2.13. The van der Waals surface area contributed by atoms with Crippen molar-refractivity contribution >= 4 is 16.5 Å². The minimum atomic E-state index is -0.354. The van der Waals surface area contributed by atoms with Crippen LogP contribution in [0.2, 0.25) is 0 Å². The normalized spacial score (nSPS) is 18.0. The number of hydrogen-bond donors (Lipinski definition) is 2. The summed E-state index contributed by atoms with van der Waals surface area (Å²) in [5.41, 5.74) is 2.11. The third-order valence-electron chi connectivity index (χ3n) is 4.41. The number of likely N-dealkylation sites (tertiary alicyclic amines) is 1. The van der Waals surface area contributed by atoms with Gasteiger partial charge in [-0.3, -0.25) is 0 Å². The summed E-state index contributed by atoms with van der Waals surface area (Å²) in [5, 5.41) is 16.4. The molecule has 1 aromatic heterocycles. The maximum atomic E-state index is 10.2. The lowest BCUT2D eigenvalue weighted by Gasteiger charge is -2.31. The molecule has 0 spiro atoms. The lowest BCUT2D eigenvalue weighted by Crippen LogP contribution is -2.40. The first-order valence-electron chi connectivity index (χ1n) is 8.36. The highest BCUT2D eigenvalue weighted by molar-refractivity contribution is 7.14. The molecule has 1 aromatic carbocycles. The standard InChI is InChI=1S/C18H25N3OS/c1-14-7-9-21(10-8-14)12-16(22)11-19-18-20-17(13-23-18)15-5-3-2-4-6-15/h2-6,13-14,16,22H,7-12H2,1H3,(H,19,20). The molecule has 23 heavy (non-hydrogen) atoms. The predicted octanol–water partition coefficient (Wildman–Crippen LogP) is 3.31. The molecule has 124 valence electrons. The second kappa shape index (κ2) is 7.90. The van der Waals surface area contributed by atoms with Crippen molar-refractivity contribution in [1.82, 2.24) is 9.88 Å². The summed E-state index contributed by atoms with van der Waals surface area (Å²) in [7, 11) is 0. The van der Waals surface area contributed by atoms with Gasteiger partial charge >= 0.3 is 0 Å². The van der Waals surface area contributed by atoms with E-state index in [9.17, 15) is 5.11 Å². The highest BCUT2D eigenvalue weighted by Crippen LogP contribution is 2.24. The van der Waals surface area contributed by atoms with Crippen LogP contribution in [0.4, 0.5) is 5.13 Å². The van der Waals surface area contributed by atoms with Crippen molar-refractivity contribution < 1.29 is 5.11 Å². The highest BCUT2D eigenvalue weighted by atomic mass is 32.1. The molecular formula is C18H25N3OS. The Kier molecular flexibility index (Phi) is 5.65. The van der Waals surface area contributed by atoms with E-state index in [1.165, 1.54) is 12.8 Å². The summed E-state index contributed by atoms with van der Waals surface area (Å²) >= 11 is 1.59. The van der Waals surface area contributed by atoms with Gasteiger partial charge < -0.3 is 15.3 Å². The van der Waals surface area contributed by atoms with E-state index in [0.717, 1.165) is 41.9 Å². The van der Waals surface area contributed by atoms with Gasteiger partial charge in [0.05, 0.1) is 11.8 Å². The number of β-amino-alcohol motifs (C(OH)–C–C–N with tert-alkyl or cyclic N) is 1. The zero-order valence-corrected chi connectivity index (χ0v) is 14.4. The van der Waals surface area contributed by atoms with Crippen molar-refractivity contribution in [1.29, 1.82) is 0 Å². The number of piperidine rings is 1. The second-order valence-corrected chi connectivity index (χ2v) is 7.28. The molecule has 0 amide bonds. The molecule has 3 rings (SSSR count). The van der Waals surface area contributed by atoms with Crippen molar-refractivity contribution in [2.45, 2.75) is 25.9 Å². The lowest BCUT2D eigenvalue weighted by atomic mass is 9.99. The van der Waals surface area contributed by atoms with Crippen LogP contribution in [-0.4, -0.2) is 47.3 Å². The number of nitrogens with one attached hydrogen (secondary N) is 1. The number of thiazole rings is 1. The van der Waals surface area contributed by atoms with Crippen LogP contribution in [0, 0.1) is 5.92 Å². The SMILES string of the molecule is CC1CCN(CC(O)CNc2nc(-c3ccccc3)cs2)CC1. The molecule has 5 heteroatoms. The maximum Gasteiger partial charge on any atom is 0.183 e. The van der Waals surface area contributed by atoms with Gasteiger partial charge in [0, 0.05) is 24.0 Å². The molecule has 2 N–H and O–H groups in total. The van der Waals surface area contributed by atoms with E-state index >= 15 is 0 Å². The van der Waals surface area contributed by atoms with Gasteiger partial charge in [0.1, 0.15) is 0 Å². The van der Waals surface area contributed by atoms with Crippen LogP contribution >= 0.6 is 11.3 Å². The molecule has 2 aromatic rings. The fourth-order valence-corrected chi connectivity index (χ4v) is 3.64. The van der Waals surface area contributed by atoms with Gasteiger partial charge in [-0.1, -0.05) is 37.3 Å². The Balaban J connectivity index is 1.46. The van der Waals surface area contributed by atoms with Crippen LogP contribution < -0.4 is 5.32 Å². The van der Waals surface area contributed by atoms with Gasteiger partial charge in [-0.2, -0.15) is 0 Å². The lowest BCUT2D eigenvalue weighted by molar-refractivity contribution is 0.0990. The molecule has 2 heterocycles. The third kappa shape index (κ3) is 4.77. The van der Waals surface area contributed by atoms with Crippen LogP contribution in [0.5, 0.6) is 0 Å². The summed E-state index contributed by atoms with van der Waals surface area (Å²) < 4.78 is 0. The van der Waals surface area contributed by atoms with Gasteiger partial charge in [-0.05, 0) is 31.8 Å². The molecule has 1 aliphatic rings. The minimum Gasteiger partial charge on any atom is -0.390 e. The number of anilines is 1. The van der Waals surface area contributed by atoms with E-state index in [1.54, 1.807) is 11.3 Å². The molecule has 1 unspecified atom stereocenters. The van der Waals surface area contributed by atoms with E-state index in [2.05, 4.69) is 39.6 Å². The summed E-state index contributed by atoms with van der Waals surface area (Å²) in [6, 6.07) is 10.2. The number of aromatic nitrogens is 1. The molecule has 1 saturated heterocycles. The molecule has 0 aliphatic carbocycles. The highest BCUT2D eigenvalue weighted by Gasteiger charge is 2.18. The summed E-state index contributed by atoms with van der Waals surface area (Å²) in [6.45, 7) is 5.81. The van der Waals surface area contributed by atoms with Crippen LogP contribution in [0.25, 0.3) is 11.3 Å². The Labute approximate surface area is 142 Å². The molecule has 0 bridgehead atoms. The first kappa shape index (κ1) is 16.4. The van der Waals surface area contributed by atoms with E-state index in [1.807, 2.05) is 18.2 Å². The monoisotopic (exact) mass is 331 g/mol. The molecule has 4 nitrogen and oxygen atoms in total. The van der Waals surface area contributed by atoms with Gasteiger partial charge in [0.15, 0.2) is 5.13 Å². The molecule has 0 radical (unpaired) electrons. The summed E-state index contributed by atoms with van der Waals surface area (Å²) in [5.74, 6) is 0.827. The number of aliphatic hydroxyl groups is 1. The van der Waals surface area contributed by atoms with Crippen molar-refractivity contribution in [3.8, 4) is 11.3 Å². The molecule has 1 fully saturated rings. The van der Waals surface area contributed by atoms with Crippen LogP contribution in [0.3, 0.4) is 0 Å². The predicted molar refractivity (Wildman–Crippen MR) is 96.9 cm³/mol. The Morgan fingerprint density at radius 2 is 2.04 bits per heavy atom. The van der Waals surface area contributed by atoms with Crippen molar-refractivity contribution in [2.75, 3.05) is 31.5 Å². The Morgan fingerprint density at radius 1 is 1.30 bits per heavy atom. The quantitative estimate of drug-likeness (QED) is 0.852. The van der Waals surface area contributed by atoms with Gasteiger partial charge in [0.25, 0.3) is 0 Å². The van der Waals surface area contributed by atoms with Crippen LogP contribution in [0.15, 0.2) is 35.7 Å². The van der Waals surface area contributed by atoms with Gasteiger partial charge in [0.2, 0.25) is 0 Å². The number of nitrogens with zero attached hydrogens (tertiary/aromatic N) is 2. The Morgan fingerprint density at radius 3 is 2.78 bits per heavy atom. The maximum absolute atomic E-state index is 10.2. The van der Waals surface area contributed by atoms with Crippen LogP contribution in [0.1, 0.15) is 19.8 Å². The fraction of sp³-hybridized carbons (Fsp3) is 0.500. The number of aliphatic hydroxyl groups excluding tert-OH is 1. The Bertz CT molecular complexity index is 593. The smallest absolute Gasteiger partial charge is 0.183 e. The first-order valence-corrected chi connectivity index (χ1v) is 9.24. The average Bonchev–Trinajstić information content (AvgIpc) is 3.05. The van der Waals surface area contributed by atoms with E-state index in [-0.39, 0.29) is 6.10 Å². The van der Waals surface area contributed by atoms with Crippen LogP contribution in [-0.2, 0) is 0 Å². The molecule has 1 aliphatic heterocycles. The minimum absolute atomic E-state index is 0.354. The topological polar surface area (TPSA) is 48.4 Å². The molecule has 0 saturated carbocycles. The van der Waals surface area contributed by atoms with Crippen molar-refractivity contribution in [3.63, 3.8) is 0 Å². The number of hydrogen-bond acceptors (Lipinski definition) is 5. The van der Waals surface area contributed by atoms with Gasteiger partial charge in [-0.25, -0.2) is 4.98 Å². The summed E-state index contributed by atoms with van der Waals surface area (Å²) in [4.78, 5) is 6.96. The fourth-order valence-electron chi connectivity index (χ4n) is 2.91. The van der Waals surface area contributed by atoms with Gasteiger partial charge in [-0.15, -0.1) is 11.3 Å². The Hall–Kier alpha value is -1.43. The zero-order valence-electron chi connectivity index (χ0n) is 13.6. The number of rotatable bonds is 6.